The van der Waals surface area contributed by atoms with Gasteiger partial charge in [-0.3, -0.25) is 4.79 Å². The molecule has 0 amide bonds. The van der Waals surface area contributed by atoms with E-state index in [1.165, 1.54) is 3.97 Å². The zero-order valence-electron chi connectivity index (χ0n) is 16.7. The van der Waals surface area contributed by atoms with E-state index in [0.717, 1.165) is 11.8 Å². The summed E-state index contributed by atoms with van der Waals surface area (Å²) in [6.07, 6.45) is 9.72. The first-order chi connectivity index (χ1) is 13.7. The number of hydrogen-bond acceptors (Lipinski definition) is 5. The molecule has 0 aliphatic heterocycles. The predicted molar refractivity (Wildman–Crippen MR) is 118 cm³/mol. The maximum atomic E-state index is 13.3. The molecule has 1 aromatic carbocycles. The molecule has 0 N–H and O–H groups in total. The van der Waals surface area contributed by atoms with E-state index in [1.807, 2.05) is 31.4 Å². The Hall–Kier alpha value is -2.30. The summed E-state index contributed by atoms with van der Waals surface area (Å²) in [4.78, 5) is 12.9. The van der Waals surface area contributed by atoms with Crippen molar-refractivity contribution in [2.75, 3.05) is 0 Å². The zero-order chi connectivity index (χ0) is 21.2. The fourth-order valence-corrected chi connectivity index (χ4v) is 5.99. The number of carbonyl (C=O) groups is 1. The maximum Gasteiger partial charge on any atom is 0.248 e. The lowest BCUT2D eigenvalue weighted by molar-refractivity contribution is 0.0983. The molecule has 0 bridgehead atoms. The van der Waals surface area contributed by atoms with Gasteiger partial charge in [-0.1, -0.05) is 38.2 Å². The Bertz CT molecular complexity index is 1140. The minimum absolute atomic E-state index is 0.102. The molecule has 5 nitrogen and oxygen atoms in total. The first-order valence-electron chi connectivity index (χ1n) is 9.49. The van der Waals surface area contributed by atoms with Gasteiger partial charge in [0.05, 0.1) is 10.8 Å². The van der Waals surface area contributed by atoms with Crippen molar-refractivity contribution in [2.45, 2.75) is 43.6 Å². The average molecular weight is 429 g/mol. The number of ketones is 1. The number of thiocyanates is 1. The van der Waals surface area contributed by atoms with Crippen LogP contribution >= 0.6 is 11.8 Å². The van der Waals surface area contributed by atoms with Gasteiger partial charge < -0.3 is 0 Å². The molecule has 3 rings (SSSR count). The quantitative estimate of drug-likeness (QED) is 0.463. The lowest BCUT2D eigenvalue weighted by Crippen LogP contribution is -2.37. The van der Waals surface area contributed by atoms with E-state index < -0.39 is 20.0 Å². The second kappa shape index (κ2) is 8.21. The number of benzene rings is 1. The second-order valence-corrected chi connectivity index (χ2v) is 11.1. The second-order valence-electron chi connectivity index (χ2n) is 7.89. The van der Waals surface area contributed by atoms with Crippen LogP contribution in [0, 0.1) is 16.6 Å². The highest BCUT2D eigenvalue weighted by atomic mass is 32.2. The number of aromatic nitrogens is 1. The minimum atomic E-state index is -3.67. The lowest BCUT2D eigenvalue weighted by atomic mass is 10.00. The highest BCUT2D eigenvalue weighted by Crippen LogP contribution is 2.32. The van der Waals surface area contributed by atoms with Crippen molar-refractivity contribution in [3.63, 3.8) is 0 Å². The zero-order valence-corrected chi connectivity index (χ0v) is 18.3. The van der Waals surface area contributed by atoms with E-state index in [0.29, 0.717) is 29.3 Å². The van der Waals surface area contributed by atoms with Crippen LogP contribution in [0.5, 0.6) is 0 Å². The summed E-state index contributed by atoms with van der Waals surface area (Å²) < 4.78 is 26.9. The number of allylic oxidation sites excluding steroid dienone is 3. The number of thioether (sulfide) groups is 1. The molecule has 0 fully saturated rings. The number of carbonyl (C=O) groups excluding carboxylic acids is 1. The van der Waals surface area contributed by atoms with Crippen molar-refractivity contribution in [1.82, 2.24) is 3.97 Å². The topological polar surface area (TPSA) is 79.9 Å². The lowest BCUT2D eigenvalue weighted by Gasteiger charge is -2.27. The summed E-state index contributed by atoms with van der Waals surface area (Å²) in [7, 11) is -3.67. The Morgan fingerprint density at radius 2 is 2.07 bits per heavy atom. The standard InChI is InChI=1S/C22H24N2O3S2/c1-16(2)13-20(28-15-23)21(25)18-7-8-19-17(14-18)9-12-24(19)29(26,27)22(3)10-5-4-6-11-22/h4-10,12,14,16,20H,11,13H2,1-3H3. The number of Topliss-reactive ketones (excluding diaryl/α,β-unsaturated/α-hetero) is 1. The van der Waals surface area contributed by atoms with Crippen LogP contribution in [-0.4, -0.2) is 28.2 Å². The predicted octanol–water partition coefficient (Wildman–Crippen LogP) is 4.91. The van der Waals surface area contributed by atoms with E-state index in [1.54, 1.807) is 49.5 Å². The Balaban J connectivity index is 1.98. The summed E-state index contributed by atoms with van der Waals surface area (Å²) in [5.41, 5.74) is 1.03. The Kier molecular flexibility index (Phi) is 6.06. The molecule has 1 aromatic heterocycles. The Morgan fingerprint density at radius 1 is 1.31 bits per heavy atom. The molecule has 7 heteroatoms. The number of nitrogens with zero attached hydrogens (tertiary/aromatic N) is 2. The maximum absolute atomic E-state index is 13.3. The monoisotopic (exact) mass is 428 g/mol. The van der Waals surface area contributed by atoms with Gasteiger partial charge >= 0.3 is 0 Å². The van der Waals surface area contributed by atoms with Gasteiger partial charge in [-0.25, -0.2) is 12.4 Å². The van der Waals surface area contributed by atoms with Crippen LogP contribution < -0.4 is 0 Å². The van der Waals surface area contributed by atoms with Crippen molar-refractivity contribution < 1.29 is 13.2 Å². The largest absolute Gasteiger partial charge is 0.293 e. The van der Waals surface area contributed by atoms with Crippen LogP contribution in [0.3, 0.4) is 0 Å². The molecule has 1 aliphatic rings. The molecule has 152 valence electrons. The van der Waals surface area contributed by atoms with E-state index in [2.05, 4.69) is 0 Å². The van der Waals surface area contributed by atoms with Gasteiger partial charge in [-0.05, 0) is 61.7 Å². The molecule has 2 aromatic rings. The summed E-state index contributed by atoms with van der Waals surface area (Å²) in [5, 5.41) is 11.3. The molecule has 29 heavy (non-hydrogen) atoms. The third kappa shape index (κ3) is 4.05. The van der Waals surface area contributed by atoms with Gasteiger partial charge in [-0.2, -0.15) is 5.26 Å². The van der Waals surface area contributed by atoms with Gasteiger partial charge in [0.25, 0.3) is 0 Å². The average Bonchev–Trinajstić information content (AvgIpc) is 3.11. The fourth-order valence-electron chi connectivity index (χ4n) is 3.49. The van der Waals surface area contributed by atoms with Gasteiger partial charge in [0.2, 0.25) is 10.0 Å². The van der Waals surface area contributed by atoms with Crippen molar-refractivity contribution >= 4 is 38.5 Å². The minimum Gasteiger partial charge on any atom is -0.293 e. The highest BCUT2D eigenvalue weighted by molar-refractivity contribution is 8.05. The van der Waals surface area contributed by atoms with Crippen LogP contribution in [-0.2, 0) is 10.0 Å². The molecular formula is C22H24N2O3S2. The number of fused-ring (bicyclic) bond motifs is 1. The van der Waals surface area contributed by atoms with E-state index in [-0.39, 0.29) is 11.7 Å². The number of rotatable bonds is 7. The SMILES string of the molecule is CC(C)CC(SC#N)C(=O)c1ccc2c(ccn2S(=O)(=O)C2(C)C=CC=CC2)c1. The summed E-state index contributed by atoms with van der Waals surface area (Å²) in [6, 6.07) is 6.76. The number of hydrogen-bond donors (Lipinski definition) is 0. The molecular weight excluding hydrogens is 404 g/mol. The highest BCUT2D eigenvalue weighted by Gasteiger charge is 2.38. The molecule has 0 saturated carbocycles. The smallest absolute Gasteiger partial charge is 0.248 e. The van der Waals surface area contributed by atoms with Crippen LogP contribution in [0.25, 0.3) is 10.9 Å². The van der Waals surface area contributed by atoms with Crippen molar-refractivity contribution in [2.24, 2.45) is 5.92 Å². The first kappa shape index (κ1) is 21.4. The first-order valence-corrected chi connectivity index (χ1v) is 11.8. The van der Waals surface area contributed by atoms with Crippen LogP contribution in [0.2, 0.25) is 0 Å². The van der Waals surface area contributed by atoms with Crippen LogP contribution in [0.15, 0.2) is 54.8 Å². The molecule has 0 radical (unpaired) electrons. The summed E-state index contributed by atoms with van der Waals surface area (Å²) in [5.74, 6) is 0.188. The van der Waals surface area contributed by atoms with Crippen molar-refractivity contribution in [1.29, 1.82) is 5.26 Å². The molecule has 2 unspecified atom stereocenters. The van der Waals surface area contributed by atoms with Gasteiger partial charge in [-0.15, -0.1) is 0 Å². The normalized spacial score (nSPS) is 20.1. The molecule has 1 aliphatic carbocycles. The van der Waals surface area contributed by atoms with Crippen LogP contribution in [0.4, 0.5) is 0 Å². The van der Waals surface area contributed by atoms with E-state index >= 15 is 0 Å². The molecule has 0 spiro atoms. The molecule has 0 saturated heterocycles. The van der Waals surface area contributed by atoms with Gasteiger partial charge in [0.1, 0.15) is 10.1 Å². The molecule has 2 atom stereocenters. The van der Waals surface area contributed by atoms with Crippen molar-refractivity contribution in [3.8, 4) is 5.40 Å². The van der Waals surface area contributed by atoms with Gasteiger partial charge in [0.15, 0.2) is 5.78 Å². The third-order valence-electron chi connectivity index (χ3n) is 5.18. The third-order valence-corrected chi connectivity index (χ3v) is 8.29. The van der Waals surface area contributed by atoms with Gasteiger partial charge in [0, 0.05) is 17.1 Å². The fraction of sp³-hybridized carbons (Fsp3) is 0.364. The van der Waals surface area contributed by atoms with E-state index in [4.69, 9.17) is 5.26 Å². The molecule has 1 heterocycles. The summed E-state index contributed by atoms with van der Waals surface area (Å²) in [6.45, 7) is 5.74. The summed E-state index contributed by atoms with van der Waals surface area (Å²) >= 11 is 0.982. The number of nitriles is 1. The van der Waals surface area contributed by atoms with Crippen LogP contribution in [0.1, 0.15) is 44.0 Å². The van der Waals surface area contributed by atoms with E-state index in [9.17, 15) is 13.2 Å². The Labute approximate surface area is 176 Å². The Morgan fingerprint density at radius 3 is 2.69 bits per heavy atom. The van der Waals surface area contributed by atoms with Crippen molar-refractivity contribution in [3.05, 3.63) is 60.3 Å².